The Morgan fingerprint density at radius 1 is 1.00 bits per heavy atom. The fourth-order valence-electron chi connectivity index (χ4n) is 3.69. The molecular weight excluding hydrogens is 422 g/mol. The number of aromatic nitrogens is 3. The molecule has 33 heavy (non-hydrogen) atoms. The van der Waals surface area contributed by atoms with E-state index < -0.39 is 0 Å². The van der Waals surface area contributed by atoms with Crippen molar-refractivity contribution >= 4 is 28.2 Å². The van der Waals surface area contributed by atoms with Crippen molar-refractivity contribution < 1.29 is 18.7 Å². The van der Waals surface area contributed by atoms with Gasteiger partial charge in [-0.3, -0.25) is 4.98 Å². The molecule has 4 aromatic rings. The van der Waals surface area contributed by atoms with Crippen LogP contribution >= 0.6 is 0 Å². The number of hydrogen-bond acceptors (Lipinski definition) is 9. The molecule has 1 fully saturated rings. The molecule has 3 heterocycles. The van der Waals surface area contributed by atoms with Gasteiger partial charge in [0.1, 0.15) is 23.9 Å². The number of fused-ring (bicyclic) bond motifs is 1. The Kier molecular flexibility index (Phi) is 5.95. The first-order valence-corrected chi connectivity index (χ1v) is 10.8. The molecule has 9 nitrogen and oxygen atoms in total. The van der Waals surface area contributed by atoms with Gasteiger partial charge in [0.05, 0.1) is 37.6 Å². The number of benzene rings is 2. The van der Waals surface area contributed by atoms with Gasteiger partial charge in [-0.25, -0.2) is 4.98 Å². The fourth-order valence-corrected chi connectivity index (χ4v) is 3.69. The highest BCUT2D eigenvalue weighted by atomic mass is 16.5. The molecule has 1 aliphatic heterocycles. The molecule has 2 aromatic heterocycles. The molecule has 5 rings (SSSR count). The molecule has 0 spiro atoms. The van der Waals surface area contributed by atoms with Gasteiger partial charge in [-0.15, -0.1) is 0 Å². The van der Waals surface area contributed by atoms with Gasteiger partial charge in [-0.1, -0.05) is 5.16 Å². The standard InChI is InChI=1S/C24H25N5O4/c1-16-11-19(28-33-16)15-32-22-6-4-18(13-23(22)30-2)26-17-3-5-20-21(12-17)27-24(14-25-20)29-7-9-31-10-8-29/h3-6,11-14,26H,7-10,15H2,1-2H3. The molecule has 0 radical (unpaired) electrons. The molecule has 1 N–H and O–H groups in total. The van der Waals surface area contributed by atoms with E-state index in [2.05, 4.69) is 20.4 Å². The highest BCUT2D eigenvalue weighted by molar-refractivity contribution is 5.81. The average molecular weight is 447 g/mol. The molecular formula is C24H25N5O4. The van der Waals surface area contributed by atoms with Gasteiger partial charge in [0.15, 0.2) is 11.5 Å². The fraction of sp³-hybridized carbons (Fsp3) is 0.292. The normalized spacial score (nSPS) is 13.8. The summed E-state index contributed by atoms with van der Waals surface area (Å²) in [4.78, 5) is 11.6. The summed E-state index contributed by atoms with van der Waals surface area (Å²) < 4.78 is 21.9. The van der Waals surface area contributed by atoms with Crippen molar-refractivity contribution in [1.82, 2.24) is 15.1 Å². The molecule has 0 bridgehead atoms. The summed E-state index contributed by atoms with van der Waals surface area (Å²) in [6, 6.07) is 13.5. The third kappa shape index (κ3) is 4.83. The molecule has 1 saturated heterocycles. The predicted octanol–water partition coefficient (Wildman–Crippen LogP) is 4.09. The van der Waals surface area contributed by atoms with Crippen LogP contribution in [-0.2, 0) is 11.3 Å². The van der Waals surface area contributed by atoms with Crippen molar-refractivity contribution in [3.05, 3.63) is 60.1 Å². The third-order valence-electron chi connectivity index (χ3n) is 5.37. The van der Waals surface area contributed by atoms with Crippen molar-refractivity contribution in [2.24, 2.45) is 0 Å². The van der Waals surface area contributed by atoms with Crippen molar-refractivity contribution in [3.8, 4) is 11.5 Å². The van der Waals surface area contributed by atoms with E-state index in [9.17, 15) is 0 Å². The zero-order valence-corrected chi connectivity index (χ0v) is 18.6. The number of anilines is 3. The smallest absolute Gasteiger partial charge is 0.162 e. The van der Waals surface area contributed by atoms with E-state index >= 15 is 0 Å². The van der Waals surface area contributed by atoms with Gasteiger partial charge in [0.2, 0.25) is 0 Å². The minimum Gasteiger partial charge on any atom is -0.493 e. The van der Waals surface area contributed by atoms with Crippen LogP contribution in [0.15, 0.2) is 53.2 Å². The Labute approximate surface area is 191 Å². The quantitative estimate of drug-likeness (QED) is 0.449. The average Bonchev–Trinajstić information content (AvgIpc) is 3.28. The third-order valence-corrected chi connectivity index (χ3v) is 5.37. The van der Waals surface area contributed by atoms with E-state index in [1.54, 1.807) is 7.11 Å². The number of morpholine rings is 1. The number of aryl methyl sites for hydroxylation is 1. The second-order valence-electron chi connectivity index (χ2n) is 7.74. The van der Waals surface area contributed by atoms with Gasteiger partial charge in [0.25, 0.3) is 0 Å². The Hall–Kier alpha value is -3.85. The Bertz CT molecular complexity index is 1250. The SMILES string of the molecule is COc1cc(Nc2ccc3ncc(N4CCOCC4)nc3c2)ccc1OCc1cc(C)on1. The highest BCUT2D eigenvalue weighted by Crippen LogP contribution is 2.32. The molecule has 0 saturated carbocycles. The van der Waals surface area contributed by atoms with E-state index in [-0.39, 0.29) is 0 Å². The second-order valence-corrected chi connectivity index (χ2v) is 7.74. The van der Waals surface area contributed by atoms with Crippen LogP contribution in [0.4, 0.5) is 17.2 Å². The molecule has 0 atom stereocenters. The molecule has 170 valence electrons. The largest absolute Gasteiger partial charge is 0.493 e. The van der Waals surface area contributed by atoms with Gasteiger partial charge in [0, 0.05) is 36.6 Å². The van der Waals surface area contributed by atoms with E-state index in [0.717, 1.165) is 52.8 Å². The summed E-state index contributed by atoms with van der Waals surface area (Å²) in [6.45, 7) is 5.21. The first-order chi connectivity index (χ1) is 16.2. The first-order valence-electron chi connectivity index (χ1n) is 10.8. The molecule has 0 aliphatic carbocycles. The number of methoxy groups -OCH3 is 1. The lowest BCUT2D eigenvalue weighted by Crippen LogP contribution is -2.36. The summed E-state index contributed by atoms with van der Waals surface area (Å²) in [5, 5.41) is 7.36. The molecule has 1 aliphatic rings. The zero-order valence-electron chi connectivity index (χ0n) is 18.6. The maximum Gasteiger partial charge on any atom is 0.162 e. The number of hydrogen-bond donors (Lipinski definition) is 1. The molecule has 0 amide bonds. The summed E-state index contributed by atoms with van der Waals surface area (Å²) >= 11 is 0. The van der Waals surface area contributed by atoms with Gasteiger partial charge < -0.3 is 29.0 Å². The van der Waals surface area contributed by atoms with Crippen molar-refractivity contribution in [3.63, 3.8) is 0 Å². The zero-order chi connectivity index (χ0) is 22.6. The monoisotopic (exact) mass is 447 g/mol. The predicted molar refractivity (Wildman–Crippen MR) is 124 cm³/mol. The van der Waals surface area contributed by atoms with E-state index in [0.29, 0.717) is 31.3 Å². The maximum atomic E-state index is 5.85. The lowest BCUT2D eigenvalue weighted by molar-refractivity contribution is 0.122. The van der Waals surface area contributed by atoms with E-state index in [1.807, 2.05) is 55.6 Å². The lowest BCUT2D eigenvalue weighted by Gasteiger charge is -2.27. The number of nitrogens with zero attached hydrogens (tertiary/aromatic N) is 4. The summed E-state index contributed by atoms with van der Waals surface area (Å²) in [5.74, 6) is 2.87. The van der Waals surface area contributed by atoms with Crippen LogP contribution in [0.25, 0.3) is 11.0 Å². The first kappa shape index (κ1) is 21.0. The van der Waals surface area contributed by atoms with E-state index in [1.165, 1.54) is 0 Å². The number of nitrogens with one attached hydrogen (secondary N) is 1. The van der Waals surface area contributed by atoms with Gasteiger partial charge in [-0.05, 0) is 37.3 Å². The Balaban J connectivity index is 1.32. The summed E-state index contributed by atoms with van der Waals surface area (Å²) in [5.41, 5.74) is 4.18. The number of rotatable bonds is 7. The van der Waals surface area contributed by atoms with Crippen LogP contribution in [0.3, 0.4) is 0 Å². The van der Waals surface area contributed by atoms with E-state index in [4.69, 9.17) is 23.7 Å². The minimum absolute atomic E-state index is 0.301. The lowest BCUT2D eigenvalue weighted by atomic mass is 10.2. The van der Waals surface area contributed by atoms with Crippen molar-refractivity contribution in [2.75, 3.05) is 43.6 Å². The summed E-state index contributed by atoms with van der Waals surface area (Å²) in [7, 11) is 1.62. The maximum absolute atomic E-state index is 5.85. The van der Waals surface area contributed by atoms with Crippen LogP contribution in [0, 0.1) is 6.92 Å². The van der Waals surface area contributed by atoms with Crippen LogP contribution in [0.1, 0.15) is 11.5 Å². The Morgan fingerprint density at radius 2 is 1.82 bits per heavy atom. The minimum atomic E-state index is 0.301. The second kappa shape index (κ2) is 9.33. The number of ether oxygens (including phenoxy) is 3. The van der Waals surface area contributed by atoms with Crippen molar-refractivity contribution in [2.45, 2.75) is 13.5 Å². The van der Waals surface area contributed by atoms with Crippen LogP contribution in [0.2, 0.25) is 0 Å². The van der Waals surface area contributed by atoms with Gasteiger partial charge >= 0.3 is 0 Å². The van der Waals surface area contributed by atoms with Gasteiger partial charge in [-0.2, -0.15) is 0 Å². The van der Waals surface area contributed by atoms with Crippen LogP contribution < -0.4 is 19.7 Å². The van der Waals surface area contributed by atoms with Crippen LogP contribution in [-0.4, -0.2) is 48.5 Å². The van der Waals surface area contributed by atoms with Crippen molar-refractivity contribution in [1.29, 1.82) is 0 Å². The summed E-state index contributed by atoms with van der Waals surface area (Å²) in [6.07, 6.45) is 1.82. The molecule has 0 unspecified atom stereocenters. The Morgan fingerprint density at radius 3 is 2.61 bits per heavy atom. The molecule has 2 aromatic carbocycles. The molecule has 9 heteroatoms. The van der Waals surface area contributed by atoms with Crippen LogP contribution in [0.5, 0.6) is 11.5 Å². The topological polar surface area (TPSA) is 94.8 Å². The highest BCUT2D eigenvalue weighted by Gasteiger charge is 2.14.